The number of benzene rings is 3. The van der Waals surface area contributed by atoms with Gasteiger partial charge in [-0.25, -0.2) is 0 Å². The van der Waals surface area contributed by atoms with Gasteiger partial charge < -0.3 is 9.84 Å². The van der Waals surface area contributed by atoms with E-state index in [4.69, 9.17) is 16.3 Å². The van der Waals surface area contributed by atoms with E-state index in [1.165, 1.54) is 6.92 Å². The molecule has 1 heterocycles. The molecule has 1 aliphatic heterocycles. The lowest BCUT2D eigenvalue weighted by atomic mass is 9.91. The number of ether oxygens (including phenoxy) is 1. The van der Waals surface area contributed by atoms with Gasteiger partial charge >= 0.3 is 0 Å². The van der Waals surface area contributed by atoms with E-state index in [2.05, 4.69) is 55.3 Å². The molecule has 1 atom stereocenters. The van der Waals surface area contributed by atoms with Crippen LogP contribution in [0.5, 0.6) is 0 Å². The van der Waals surface area contributed by atoms with E-state index in [9.17, 15) is 14.7 Å². The van der Waals surface area contributed by atoms with Gasteiger partial charge in [0.2, 0.25) is 0 Å². The Hall–Kier alpha value is -1.19. The summed E-state index contributed by atoms with van der Waals surface area (Å²) in [6, 6.07) is 20.4. The normalized spacial score (nSPS) is 18.9. The molecular formula is C30H25ClI2NO4PS. The second-order valence-corrected chi connectivity index (χ2v) is 28.1. The number of Topliss-reactive ketones (excluding diaryl/α,β-unsaturated/α-hetero) is 1. The number of hydrogen-bond acceptors (Lipinski definition) is 5. The van der Waals surface area contributed by atoms with Gasteiger partial charge in [0, 0.05) is 44.8 Å². The zero-order chi connectivity index (χ0) is 28.5. The molecule has 1 amide bonds. The van der Waals surface area contributed by atoms with Gasteiger partial charge in [0.15, 0.2) is 11.5 Å². The molecule has 1 unspecified atom stereocenters. The Bertz CT molecular complexity index is 1500. The zero-order valence-electron chi connectivity index (χ0n) is 21.5. The van der Waals surface area contributed by atoms with Gasteiger partial charge in [-0.15, -0.1) is 0 Å². The summed E-state index contributed by atoms with van der Waals surface area (Å²) in [7, 11) is 0. The fourth-order valence-electron chi connectivity index (χ4n) is 4.85. The number of nitrogens with zero attached hydrogens (tertiary/aromatic N) is 1. The quantitative estimate of drug-likeness (QED) is 0.102. The Labute approximate surface area is 270 Å². The number of aliphatic hydroxyl groups excluding tert-OH is 1. The number of ketones is 1. The number of amides is 1. The number of fused-ring (bicyclic) bond motifs is 1. The predicted molar refractivity (Wildman–Crippen MR) is 179 cm³/mol. The van der Waals surface area contributed by atoms with Crippen LogP contribution in [0.1, 0.15) is 62.7 Å². The molecule has 0 radical (unpaired) electrons. The van der Waals surface area contributed by atoms with Gasteiger partial charge in [-0.05, 0) is 116 Å². The van der Waals surface area contributed by atoms with Crippen LogP contribution < -0.4 is 0 Å². The van der Waals surface area contributed by atoms with Crippen molar-refractivity contribution in [1.82, 2.24) is 4.90 Å². The van der Waals surface area contributed by atoms with Crippen molar-refractivity contribution >= 4 is 81.2 Å². The molecule has 0 spiro atoms. The zero-order valence-corrected chi connectivity index (χ0v) is 28.3. The molecule has 2 aliphatic rings. The lowest BCUT2D eigenvalue weighted by Crippen LogP contribution is -2.47. The first kappa shape index (κ1) is 30.3. The molecule has 0 aromatic heterocycles. The lowest BCUT2D eigenvalue weighted by molar-refractivity contribution is -0.128. The third kappa shape index (κ3) is 6.26. The predicted octanol–water partition coefficient (Wildman–Crippen LogP) is 8.33. The van der Waals surface area contributed by atoms with Crippen molar-refractivity contribution in [3.63, 3.8) is 0 Å². The molecular weight excluding hydrogens is 791 g/mol. The van der Waals surface area contributed by atoms with E-state index in [-0.39, 0.29) is 39.3 Å². The summed E-state index contributed by atoms with van der Waals surface area (Å²) in [5.41, 5.74) is 2.58. The highest BCUT2D eigenvalue weighted by Gasteiger charge is 2.54. The Kier molecular flexibility index (Phi) is 9.52. The molecule has 206 valence electrons. The standard InChI is InChI=1S/C30H25ClI2NO4PS/c1-20(36)23-6-11-27-26(16-23)28(37)34(17-22-4-2-21(3-5-22)12-15-40-39(32)33)30(27,24-7-9-25(31)10-8-24)38-19-29(18-35)13-14-29/h2-11,16,35H,13-14,17-19H2,1H3. The van der Waals surface area contributed by atoms with Crippen LogP contribution in [0.15, 0.2) is 66.7 Å². The van der Waals surface area contributed by atoms with E-state index in [1.54, 1.807) is 40.5 Å². The molecule has 0 bridgehead atoms. The largest absolute Gasteiger partial charge is 0.396 e. The average Bonchev–Trinajstić information content (AvgIpc) is 3.69. The maximum absolute atomic E-state index is 14.1. The molecule has 3 aromatic carbocycles. The van der Waals surface area contributed by atoms with Gasteiger partial charge in [-0.2, -0.15) is 0 Å². The number of carbonyl (C=O) groups is 2. The van der Waals surface area contributed by atoms with Crippen LogP contribution in [-0.2, 0) is 17.0 Å². The van der Waals surface area contributed by atoms with Gasteiger partial charge in [0.25, 0.3) is 5.91 Å². The number of rotatable bonds is 9. The summed E-state index contributed by atoms with van der Waals surface area (Å²) in [5, 5.41) is 13.8. The minimum absolute atomic E-state index is 0.0194. The fourth-order valence-corrected chi connectivity index (χ4v) is 7.33. The molecule has 1 fully saturated rings. The van der Waals surface area contributed by atoms with E-state index < -0.39 is 5.72 Å². The summed E-state index contributed by atoms with van der Waals surface area (Å²) >= 11 is 12.6. The number of aliphatic hydroxyl groups is 1. The summed E-state index contributed by atoms with van der Waals surface area (Å²) in [5.74, 6) is 2.84. The smallest absolute Gasteiger partial charge is 0.257 e. The number of hydrogen-bond donors (Lipinski definition) is 1. The average molecular weight is 816 g/mol. The summed E-state index contributed by atoms with van der Waals surface area (Å²) < 4.78 is 6.60. The molecule has 3 aromatic rings. The number of carbonyl (C=O) groups excluding carboxylic acids is 2. The van der Waals surface area contributed by atoms with Crippen molar-refractivity contribution in [2.75, 3.05) is 13.2 Å². The van der Waals surface area contributed by atoms with Crippen LogP contribution in [0, 0.1) is 16.6 Å². The van der Waals surface area contributed by atoms with Crippen molar-refractivity contribution in [2.24, 2.45) is 5.41 Å². The summed E-state index contributed by atoms with van der Waals surface area (Å²) in [6.45, 7) is 2.06. The van der Waals surface area contributed by atoms with Crippen LogP contribution in [-0.4, -0.2) is 34.9 Å². The minimum atomic E-state index is -1.26. The highest BCUT2D eigenvalue weighted by Crippen LogP contribution is 2.64. The van der Waals surface area contributed by atoms with E-state index in [0.29, 0.717) is 21.7 Å². The Morgan fingerprint density at radius 2 is 1.82 bits per heavy atom. The molecule has 1 N–H and O–H groups in total. The third-order valence-electron chi connectivity index (χ3n) is 7.37. The Balaban J connectivity index is 1.59. The topological polar surface area (TPSA) is 66.8 Å². The molecule has 5 nitrogen and oxygen atoms in total. The molecule has 10 heteroatoms. The van der Waals surface area contributed by atoms with Gasteiger partial charge in [-0.3, -0.25) is 14.5 Å². The first-order valence-electron chi connectivity index (χ1n) is 12.5. The van der Waals surface area contributed by atoms with Gasteiger partial charge in [0.1, 0.15) is 0 Å². The van der Waals surface area contributed by atoms with Crippen LogP contribution in [0.3, 0.4) is 0 Å². The second kappa shape index (κ2) is 12.6. The number of halogens is 3. The van der Waals surface area contributed by atoms with E-state index in [0.717, 1.165) is 29.5 Å². The SMILES string of the molecule is CC(=O)c1ccc2c(c1)C(=O)N(Cc1ccc(C#CSP(I)I)cc1)C2(OCC1(CO)CC1)c1ccc(Cl)cc1. The van der Waals surface area contributed by atoms with Crippen molar-refractivity contribution in [3.8, 4) is 11.2 Å². The summed E-state index contributed by atoms with van der Waals surface area (Å²) in [4.78, 5) is 28.1. The van der Waals surface area contributed by atoms with Crippen LogP contribution >= 0.6 is 69.5 Å². The van der Waals surface area contributed by atoms with Crippen LogP contribution in [0.25, 0.3) is 0 Å². The molecule has 1 aliphatic carbocycles. The Morgan fingerprint density at radius 1 is 1.12 bits per heavy atom. The Morgan fingerprint density at radius 3 is 2.42 bits per heavy atom. The molecule has 0 saturated heterocycles. The molecule has 5 rings (SSSR count). The van der Waals surface area contributed by atoms with Crippen molar-refractivity contribution in [1.29, 1.82) is 0 Å². The maximum Gasteiger partial charge on any atom is 0.257 e. The van der Waals surface area contributed by atoms with Crippen LogP contribution in [0.2, 0.25) is 5.02 Å². The monoisotopic (exact) mass is 815 g/mol. The minimum Gasteiger partial charge on any atom is -0.396 e. The molecule has 1 saturated carbocycles. The van der Waals surface area contributed by atoms with Crippen LogP contribution in [0.4, 0.5) is 0 Å². The first-order valence-corrected chi connectivity index (χ1v) is 21.3. The lowest BCUT2D eigenvalue weighted by Gasteiger charge is -2.40. The van der Waals surface area contributed by atoms with Crippen molar-refractivity contribution in [3.05, 3.63) is 105 Å². The first-order chi connectivity index (χ1) is 19.2. The fraction of sp³-hybridized carbons (Fsp3) is 0.267. The van der Waals surface area contributed by atoms with E-state index in [1.807, 2.05) is 42.5 Å². The maximum atomic E-state index is 14.1. The highest BCUT2D eigenvalue weighted by molar-refractivity contribution is 14.3. The van der Waals surface area contributed by atoms with Crippen molar-refractivity contribution < 1.29 is 19.4 Å². The van der Waals surface area contributed by atoms with Crippen molar-refractivity contribution in [2.45, 2.75) is 32.0 Å². The highest BCUT2D eigenvalue weighted by atomic mass is 127. The van der Waals surface area contributed by atoms with Gasteiger partial charge in [0.05, 0.1) is 15.6 Å². The van der Waals surface area contributed by atoms with E-state index >= 15 is 0 Å². The second-order valence-electron chi connectivity index (χ2n) is 10.0. The van der Waals surface area contributed by atoms with Gasteiger partial charge in [-0.1, -0.05) is 53.9 Å². The molecule has 40 heavy (non-hydrogen) atoms. The third-order valence-corrected chi connectivity index (χ3v) is 12.2. The summed E-state index contributed by atoms with van der Waals surface area (Å²) in [6.07, 6.45) is 1.73.